The van der Waals surface area contributed by atoms with E-state index >= 15 is 0 Å². The van der Waals surface area contributed by atoms with E-state index < -0.39 is 0 Å². The predicted octanol–water partition coefficient (Wildman–Crippen LogP) is 2.93. The van der Waals surface area contributed by atoms with Crippen molar-refractivity contribution in [2.24, 2.45) is 16.3 Å². The van der Waals surface area contributed by atoms with Gasteiger partial charge in [0.2, 0.25) is 0 Å². The van der Waals surface area contributed by atoms with E-state index in [0.29, 0.717) is 17.6 Å². The number of aliphatic imine (C=N–C) groups is 1. The van der Waals surface area contributed by atoms with E-state index in [1.54, 1.807) is 0 Å². The summed E-state index contributed by atoms with van der Waals surface area (Å²) in [6, 6.07) is 0.500. The molecular weight excluding hydrogens is 417 g/mol. The van der Waals surface area contributed by atoms with Gasteiger partial charge in [-0.3, -0.25) is 4.99 Å². The highest BCUT2D eigenvalue weighted by Crippen LogP contribution is 2.54. The quantitative estimate of drug-likeness (QED) is 0.258. The van der Waals surface area contributed by atoms with Gasteiger partial charge in [-0.05, 0) is 44.9 Å². The van der Waals surface area contributed by atoms with Gasteiger partial charge in [-0.2, -0.15) is 0 Å². The van der Waals surface area contributed by atoms with Crippen LogP contribution in [0.25, 0.3) is 0 Å². The first-order valence-corrected chi connectivity index (χ1v) is 9.45. The van der Waals surface area contributed by atoms with E-state index in [2.05, 4.69) is 22.5 Å². The van der Waals surface area contributed by atoms with Crippen molar-refractivity contribution >= 4 is 29.9 Å². The second kappa shape index (κ2) is 9.57. The van der Waals surface area contributed by atoms with E-state index in [0.717, 1.165) is 44.7 Å². The molecule has 0 saturated heterocycles. The summed E-state index contributed by atoms with van der Waals surface area (Å²) in [6.07, 6.45) is 9.49. The van der Waals surface area contributed by atoms with Gasteiger partial charge in [0, 0.05) is 38.3 Å². The van der Waals surface area contributed by atoms with E-state index in [9.17, 15) is 0 Å². The standard InChI is InChI=1S/C18H33N3O2.HI/c1-3-23-16-12-15(18(16)8-4-5-9-18)21-17(19-2)20-10-11-22-13-14-6-7-14;/h14-16H,3-13H2,1-2H3,(H2,19,20,21);1H. The number of nitrogens with one attached hydrogen (secondary N) is 2. The van der Waals surface area contributed by atoms with E-state index in [1.807, 2.05) is 7.05 Å². The van der Waals surface area contributed by atoms with Gasteiger partial charge in [-0.1, -0.05) is 12.8 Å². The van der Waals surface area contributed by atoms with Crippen LogP contribution >= 0.6 is 24.0 Å². The lowest BCUT2D eigenvalue weighted by Crippen LogP contribution is -2.65. The Kier molecular flexibility index (Phi) is 8.07. The fourth-order valence-corrected chi connectivity index (χ4v) is 4.22. The maximum Gasteiger partial charge on any atom is 0.191 e. The van der Waals surface area contributed by atoms with Gasteiger partial charge >= 0.3 is 0 Å². The van der Waals surface area contributed by atoms with Crippen LogP contribution in [0, 0.1) is 11.3 Å². The fourth-order valence-electron chi connectivity index (χ4n) is 4.22. The molecule has 6 heteroatoms. The third kappa shape index (κ3) is 4.75. The highest BCUT2D eigenvalue weighted by molar-refractivity contribution is 14.0. The summed E-state index contributed by atoms with van der Waals surface area (Å²) < 4.78 is 11.7. The predicted molar refractivity (Wildman–Crippen MR) is 108 cm³/mol. The number of hydrogen-bond donors (Lipinski definition) is 2. The number of halogens is 1. The molecule has 0 aromatic rings. The molecule has 0 amide bonds. The van der Waals surface area contributed by atoms with Crippen LogP contribution in [-0.2, 0) is 9.47 Å². The zero-order valence-corrected chi connectivity index (χ0v) is 17.5. The van der Waals surface area contributed by atoms with E-state index in [1.165, 1.54) is 38.5 Å². The summed E-state index contributed by atoms with van der Waals surface area (Å²) in [5.74, 6) is 1.74. The average molecular weight is 451 g/mol. The molecule has 0 aromatic heterocycles. The van der Waals surface area contributed by atoms with Gasteiger partial charge < -0.3 is 20.1 Å². The maximum atomic E-state index is 5.98. The Morgan fingerprint density at radius 2 is 2.00 bits per heavy atom. The Morgan fingerprint density at radius 1 is 1.25 bits per heavy atom. The topological polar surface area (TPSA) is 54.9 Å². The van der Waals surface area contributed by atoms with Crippen LogP contribution in [0.2, 0.25) is 0 Å². The minimum Gasteiger partial charge on any atom is -0.379 e. The lowest BCUT2D eigenvalue weighted by molar-refractivity contribution is -0.125. The van der Waals surface area contributed by atoms with Crippen LogP contribution < -0.4 is 10.6 Å². The molecule has 0 radical (unpaired) electrons. The number of guanidine groups is 1. The van der Waals surface area contributed by atoms with Gasteiger partial charge in [-0.15, -0.1) is 24.0 Å². The van der Waals surface area contributed by atoms with Crippen molar-refractivity contribution in [3.8, 4) is 0 Å². The summed E-state index contributed by atoms with van der Waals surface area (Å²) in [6.45, 7) is 5.43. The monoisotopic (exact) mass is 451 g/mol. The lowest BCUT2D eigenvalue weighted by atomic mass is 9.60. The van der Waals surface area contributed by atoms with Crippen LogP contribution in [0.1, 0.15) is 51.9 Å². The van der Waals surface area contributed by atoms with Gasteiger partial charge in [0.1, 0.15) is 0 Å². The van der Waals surface area contributed by atoms with E-state index in [-0.39, 0.29) is 24.0 Å². The Bertz CT molecular complexity index is 409. The van der Waals surface area contributed by atoms with E-state index in [4.69, 9.17) is 9.47 Å². The first-order valence-electron chi connectivity index (χ1n) is 9.45. The summed E-state index contributed by atoms with van der Waals surface area (Å²) >= 11 is 0. The molecule has 3 aliphatic rings. The zero-order valence-electron chi connectivity index (χ0n) is 15.2. The average Bonchev–Trinajstić information content (AvgIpc) is 3.23. The van der Waals surface area contributed by atoms with Crippen LogP contribution in [0.5, 0.6) is 0 Å². The molecule has 0 heterocycles. The molecule has 140 valence electrons. The van der Waals surface area contributed by atoms with Crippen molar-refractivity contribution in [3.05, 3.63) is 0 Å². The summed E-state index contributed by atoms with van der Waals surface area (Å²) in [5.41, 5.74) is 0.343. The molecule has 3 fully saturated rings. The van der Waals surface area contributed by atoms with Gasteiger partial charge in [0.25, 0.3) is 0 Å². The molecular formula is C18H34IN3O2. The number of ether oxygens (including phenoxy) is 2. The first-order chi connectivity index (χ1) is 11.3. The van der Waals surface area contributed by atoms with Crippen molar-refractivity contribution in [1.29, 1.82) is 0 Å². The molecule has 0 aliphatic heterocycles. The Hall–Kier alpha value is -0.0800. The molecule has 2 unspecified atom stereocenters. The third-order valence-electron chi connectivity index (χ3n) is 5.81. The molecule has 3 aliphatic carbocycles. The molecule has 2 atom stereocenters. The SMILES string of the molecule is CCOC1CC(NC(=NC)NCCOCC2CC2)C12CCCC2.I. The van der Waals surface area contributed by atoms with Crippen LogP contribution in [-0.4, -0.2) is 51.5 Å². The van der Waals surface area contributed by atoms with Crippen molar-refractivity contribution in [1.82, 2.24) is 10.6 Å². The van der Waals surface area contributed by atoms with Crippen molar-refractivity contribution in [2.75, 3.05) is 33.4 Å². The van der Waals surface area contributed by atoms with Crippen LogP contribution in [0.15, 0.2) is 4.99 Å². The molecule has 5 nitrogen and oxygen atoms in total. The van der Waals surface area contributed by atoms with Gasteiger partial charge in [0.15, 0.2) is 5.96 Å². The third-order valence-corrected chi connectivity index (χ3v) is 5.81. The minimum absolute atomic E-state index is 0. The van der Waals surface area contributed by atoms with Crippen LogP contribution in [0.4, 0.5) is 0 Å². The summed E-state index contributed by atoms with van der Waals surface area (Å²) in [4.78, 5) is 4.38. The molecule has 3 saturated carbocycles. The normalized spacial score (nSPS) is 28.3. The van der Waals surface area contributed by atoms with Crippen molar-refractivity contribution in [3.63, 3.8) is 0 Å². The van der Waals surface area contributed by atoms with Crippen molar-refractivity contribution in [2.45, 2.75) is 64.0 Å². The smallest absolute Gasteiger partial charge is 0.191 e. The zero-order chi connectivity index (χ0) is 16.1. The largest absolute Gasteiger partial charge is 0.379 e. The Balaban J connectivity index is 0.00000208. The first kappa shape index (κ1) is 20.2. The highest BCUT2D eigenvalue weighted by Gasteiger charge is 2.56. The molecule has 3 rings (SSSR count). The number of nitrogens with zero attached hydrogens (tertiary/aromatic N) is 1. The molecule has 24 heavy (non-hydrogen) atoms. The second-order valence-electron chi connectivity index (χ2n) is 7.33. The fraction of sp³-hybridized carbons (Fsp3) is 0.944. The highest BCUT2D eigenvalue weighted by atomic mass is 127. The Labute approximate surface area is 163 Å². The molecule has 0 bridgehead atoms. The summed E-state index contributed by atoms with van der Waals surface area (Å²) in [5, 5.41) is 7.03. The maximum absolute atomic E-state index is 5.98. The van der Waals surface area contributed by atoms with Crippen molar-refractivity contribution < 1.29 is 9.47 Å². The van der Waals surface area contributed by atoms with Gasteiger partial charge in [-0.25, -0.2) is 0 Å². The molecule has 2 N–H and O–H groups in total. The lowest BCUT2D eigenvalue weighted by Gasteiger charge is -2.54. The number of rotatable bonds is 8. The molecule has 0 aromatic carbocycles. The Morgan fingerprint density at radius 3 is 2.62 bits per heavy atom. The van der Waals surface area contributed by atoms with Crippen LogP contribution in [0.3, 0.4) is 0 Å². The second-order valence-corrected chi connectivity index (χ2v) is 7.33. The minimum atomic E-state index is 0. The number of hydrogen-bond acceptors (Lipinski definition) is 3. The van der Waals surface area contributed by atoms with Gasteiger partial charge in [0.05, 0.1) is 12.7 Å². The molecule has 1 spiro atoms. The summed E-state index contributed by atoms with van der Waals surface area (Å²) in [7, 11) is 1.85.